The number of hydrogen-bond acceptors (Lipinski definition) is 4. The number of hydrogen-bond donors (Lipinski definition) is 2. The van der Waals surface area contributed by atoms with Gasteiger partial charge in [0, 0.05) is 0 Å². The Morgan fingerprint density at radius 2 is 2.07 bits per heavy atom. The van der Waals surface area contributed by atoms with E-state index in [9.17, 15) is 5.11 Å². The molecule has 0 aliphatic carbocycles. The molecule has 1 aliphatic heterocycles. The minimum Gasteiger partial charge on any atom is -0.486 e. The van der Waals surface area contributed by atoms with Gasteiger partial charge in [0.25, 0.3) is 0 Å². The van der Waals surface area contributed by atoms with E-state index in [2.05, 4.69) is 15.9 Å². The summed E-state index contributed by atoms with van der Waals surface area (Å²) in [5.74, 6) is 1.24. The number of rotatable bonds is 2. The number of ether oxygens (including phenoxy) is 2. The lowest BCUT2D eigenvalue weighted by molar-refractivity contribution is 0.0947. The summed E-state index contributed by atoms with van der Waals surface area (Å²) in [7, 11) is 0. The quantitative estimate of drug-likeness (QED) is 0.852. The predicted molar refractivity (Wildman–Crippen MR) is 57.2 cm³/mol. The van der Waals surface area contributed by atoms with Gasteiger partial charge in [0.15, 0.2) is 11.5 Å². The van der Waals surface area contributed by atoms with Gasteiger partial charge in [-0.3, -0.25) is 0 Å². The fourth-order valence-electron chi connectivity index (χ4n) is 1.43. The third-order valence-electron chi connectivity index (χ3n) is 2.18. The molecule has 0 spiro atoms. The molecule has 1 aromatic carbocycles. The summed E-state index contributed by atoms with van der Waals surface area (Å²) >= 11 is 3.33. The lowest BCUT2D eigenvalue weighted by Crippen LogP contribution is -2.16. The lowest BCUT2D eigenvalue weighted by atomic mass is 10.1. The van der Waals surface area contributed by atoms with Crippen molar-refractivity contribution in [3.8, 4) is 11.5 Å². The molecule has 1 unspecified atom stereocenters. The van der Waals surface area contributed by atoms with E-state index < -0.39 is 6.10 Å². The first-order chi connectivity index (χ1) is 7.22. The first kappa shape index (κ1) is 10.7. The third kappa shape index (κ3) is 2.09. The Bertz CT molecular complexity index is 367. The Hall–Kier alpha value is -0.780. The first-order valence-electron chi connectivity index (χ1n) is 4.60. The van der Waals surface area contributed by atoms with Gasteiger partial charge >= 0.3 is 0 Å². The van der Waals surface area contributed by atoms with Crippen LogP contribution in [0.3, 0.4) is 0 Å². The molecule has 0 amide bonds. The van der Waals surface area contributed by atoms with E-state index in [0.29, 0.717) is 30.3 Å². The van der Waals surface area contributed by atoms with Crippen LogP contribution in [-0.2, 0) is 0 Å². The van der Waals surface area contributed by atoms with Crippen LogP contribution in [0.15, 0.2) is 16.6 Å². The molecule has 1 atom stereocenters. The van der Waals surface area contributed by atoms with E-state index >= 15 is 0 Å². The molecule has 0 saturated carbocycles. The molecule has 4 nitrogen and oxygen atoms in total. The topological polar surface area (TPSA) is 58.9 Å². The Balaban J connectivity index is 2.40. The number of aliphatic hydroxyl groups excluding tert-OH is 2. The Morgan fingerprint density at radius 1 is 1.33 bits per heavy atom. The highest BCUT2D eigenvalue weighted by Gasteiger charge is 2.18. The van der Waals surface area contributed by atoms with Crippen LogP contribution in [-0.4, -0.2) is 30.0 Å². The second-order valence-electron chi connectivity index (χ2n) is 3.23. The van der Waals surface area contributed by atoms with Crippen molar-refractivity contribution < 1.29 is 19.7 Å². The van der Waals surface area contributed by atoms with Crippen molar-refractivity contribution in [2.45, 2.75) is 6.10 Å². The van der Waals surface area contributed by atoms with Gasteiger partial charge in [-0.25, -0.2) is 0 Å². The van der Waals surface area contributed by atoms with Gasteiger partial charge in [-0.1, -0.05) is 0 Å². The monoisotopic (exact) mass is 274 g/mol. The molecule has 2 N–H and O–H groups in total. The van der Waals surface area contributed by atoms with Gasteiger partial charge < -0.3 is 19.7 Å². The summed E-state index contributed by atoms with van der Waals surface area (Å²) in [6.07, 6.45) is -0.892. The second-order valence-corrected chi connectivity index (χ2v) is 4.08. The SMILES string of the molecule is OCC(O)c1cc(Br)c2c(c1)OCCO2. The summed E-state index contributed by atoms with van der Waals surface area (Å²) in [6, 6.07) is 3.40. The van der Waals surface area contributed by atoms with E-state index in [1.54, 1.807) is 12.1 Å². The normalized spacial score (nSPS) is 16.2. The van der Waals surface area contributed by atoms with E-state index in [0.717, 1.165) is 4.47 Å². The molecule has 5 heteroatoms. The Kier molecular flexibility index (Phi) is 3.14. The fraction of sp³-hybridized carbons (Fsp3) is 0.400. The van der Waals surface area contributed by atoms with Gasteiger partial charge in [-0.05, 0) is 33.6 Å². The molecule has 82 valence electrons. The molecule has 1 aliphatic rings. The largest absolute Gasteiger partial charge is 0.486 e. The van der Waals surface area contributed by atoms with Crippen LogP contribution >= 0.6 is 15.9 Å². The number of fused-ring (bicyclic) bond motifs is 1. The average molecular weight is 275 g/mol. The van der Waals surface area contributed by atoms with Crippen molar-refractivity contribution in [2.24, 2.45) is 0 Å². The van der Waals surface area contributed by atoms with Crippen LogP contribution in [0.25, 0.3) is 0 Å². The summed E-state index contributed by atoms with van der Waals surface area (Å²) < 4.78 is 11.5. The molecule has 1 aromatic rings. The van der Waals surface area contributed by atoms with Gasteiger partial charge in [0.2, 0.25) is 0 Å². The Labute approximate surface area is 95.6 Å². The average Bonchev–Trinajstić information content (AvgIpc) is 2.28. The number of aliphatic hydroxyl groups is 2. The molecule has 0 radical (unpaired) electrons. The Morgan fingerprint density at radius 3 is 2.80 bits per heavy atom. The molecular formula is C10H11BrO4. The summed E-state index contributed by atoms with van der Waals surface area (Å²) in [5.41, 5.74) is 0.605. The predicted octanol–water partition coefficient (Wildman–Crippen LogP) is 1.25. The number of halogens is 1. The van der Waals surface area contributed by atoms with Crippen molar-refractivity contribution in [1.29, 1.82) is 0 Å². The van der Waals surface area contributed by atoms with Gasteiger partial charge in [0.05, 0.1) is 11.1 Å². The highest BCUT2D eigenvalue weighted by atomic mass is 79.9. The van der Waals surface area contributed by atoms with E-state index in [1.165, 1.54) is 0 Å². The zero-order chi connectivity index (χ0) is 10.8. The first-order valence-corrected chi connectivity index (χ1v) is 5.39. The van der Waals surface area contributed by atoms with Crippen molar-refractivity contribution in [2.75, 3.05) is 19.8 Å². The zero-order valence-electron chi connectivity index (χ0n) is 7.94. The lowest BCUT2D eigenvalue weighted by Gasteiger charge is -2.21. The maximum absolute atomic E-state index is 9.49. The molecule has 2 rings (SSSR count). The van der Waals surface area contributed by atoms with E-state index in [-0.39, 0.29) is 6.61 Å². The smallest absolute Gasteiger partial charge is 0.175 e. The molecule has 0 aromatic heterocycles. The molecule has 0 fully saturated rings. The van der Waals surface area contributed by atoms with Crippen LogP contribution in [0.4, 0.5) is 0 Å². The molecule has 0 bridgehead atoms. The third-order valence-corrected chi connectivity index (χ3v) is 2.77. The van der Waals surface area contributed by atoms with Gasteiger partial charge in [0.1, 0.15) is 19.3 Å². The summed E-state index contributed by atoms with van der Waals surface area (Å²) in [6.45, 7) is 0.706. The van der Waals surface area contributed by atoms with Crippen molar-refractivity contribution in [3.63, 3.8) is 0 Å². The minimum atomic E-state index is -0.892. The molecular weight excluding hydrogens is 264 g/mol. The van der Waals surface area contributed by atoms with E-state index in [1.807, 2.05) is 0 Å². The van der Waals surface area contributed by atoms with Crippen molar-refractivity contribution in [3.05, 3.63) is 22.2 Å². The maximum atomic E-state index is 9.49. The second kappa shape index (κ2) is 4.38. The van der Waals surface area contributed by atoms with Crippen molar-refractivity contribution >= 4 is 15.9 Å². The van der Waals surface area contributed by atoms with Crippen LogP contribution < -0.4 is 9.47 Å². The van der Waals surface area contributed by atoms with E-state index in [4.69, 9.17) is 14.6 Å². The maximum Gasteiger partial charge on any atom is 0.175 e. The molecule has 15 heavy (non-hydrogen) atoms. The van der Waals surface area contributed by atoms with Crippen LogP contribution in [0.1, 0.15) is 11.7 Å². The van der Waals surface area contributed by atoms with Crippen LogP contribution in [0.2, 0.25) is 0 Å². The highest BCUT2D eigenvalue weighted by molar-refractivity contribution is 9.10. The van der Waals surface area contributed by atoms with Gasteiger partial charge in [-0.2, -0.15) is 0 Å². The molecule has 0 saturated heterocycles. The van der Waals surface area contributed by atoms with Crippen LogP contribution in [0, 0.1) is 0 Å². The number of benzene rings is 1. The summed E-state index contributed by atoms with van der Waals surface area (Å²) in [5, 5.41) is 18.3. The standard InChI is InChI=1S/C10H11BrO4/c11-7-3-6(8(13)5-12)4-9-10(7)15-2-1-14-9/h3-4,8,12-13H,1-2,5H2. The minimum absolute atomic E-state index is 0.313. The van der Waals surface area contributed by atoms with Crippen LogP contribution in [0.5, 0.6) is 11.5 Å². The molecule has 1 heterocycles. The summed E-state index contributed by atoms with van der Waals surface area (Å²) in [4.78, 5) is 0. The highest BCUT2D eigenvalue weighted by Crippen LogP contribution is 2.39. The van der Waals surface area contributed by atoms with Crippen molar-refractivity contribution in [1.82, 2.24) is 0 Å². The fourth-order valence-corrected chi connectivity index (χ4v) is 2.00. The zero-order valence-corrected chi connectivity index (χ0v) is 9.53. The van der Waals surface area contributed by atoms with Gasteiger partial charge in [-0.15, -0.1) is 0 Å².